The molecule has 0 radical (unpaired) electrons. The fourth-order valence-corrected chi connectivity index (χ4v) is 10.3. The van der Waals surface area contributed by atoms with Gasteiger partial charge in [0.2, 0.25) is 0 Å². The lowest BCUT2D eigenvalue weighted by Gasteiger charge is -2.36. The molecular weight excluding hydrogens is 824 g/mol. The molecule has 3 aliphatic rings. The van der Waals surface area contributed by atoms with Crippen LogP contribution in [0.3, 0.4) is 0 Å². The summed E-state index contributed by atoms with van der Waals surface area (Å²) in [7, 11) is 0. The Morgan fingerprint density at radius 3 is 2.49 bits per heavy atom. The first-order valence-corrected chi connectivity index (χ1v) is 22.3. The molecule has 1 aliphatic carbocycles. The number of hydrogen-bond donors (Lipinski definition) is 1. The molecule has 2 aromatic carbocycles. The van der Waals surface area contributed by atoms with Crippen molar-refractivity contribution in [3.8, 4) is 23.1 Å². The highest BCUT2D eigenvalue weighted by molar-refractivity contribution is 5.93. The normalized spacial score (nSPS) is 16.8. The first kappa shape index (κ1) is 41.9. The molecule has 14 nitrogen and oxygen atoms in total. The van der Waals surface area contributed by atoms with Gasteiger partial charge in [-0.15, -0.1) is 0 Å². The number of carboxylic acid groups (broad SMARTS) is 1. The van der Waals surface area contributed by atoms with Gasteiger partial charge in [-0.2, -0.15) is 5.26 Å². The number of imidazole rings is 1. The number of aromatic nitrogens is 7. The van der Waals surface area contributed by atoms with E-state index in [2.05, 4.69) is 35.6 Å². The van der Waals surface area contributed by atoms with E-state index in [4.69, 9.17) is 9.97 Å². The highest BCUT2D eigenvalue weighted by Gasteiger charge is 2.33. The Hall–Kier alpha value is -7.05. The van der Waals surface area contributed by atoms with Crippen molar-refractivity contribution in [3.05, 3.63) is 134 Å². The van der Waals surface area contributed by atoms with Crippen molar-refractivity contribution >= 4 is 34.1 Å². The average molecular weight is 873 g/mol. The van der Waals surface area contributed by atoms with E-state index in [0.717, 1.165) is 60.2 Å². The summed E-state index contributed by atoms with van der Waals surface area (Å²) in [5, 5.41) is 20.2. The van der Waals surface area contributed by atoms with Gasteiger partial charge in [-0.25, -0.2) is 29.1 Å². The number of carboxylic acids is 1. The number of rotatable bonds is 8. The van der Waals surface area contributed by atoms with Gasteiger partial charge in [0, 0.05) is 60.6 Å². The summed E-state index contributed by atoms with van der Waals surface area (Å²) in [4.78, 5) is 64.8. The number of aryl methyl sites for hydroxylation is 2. The van der Waals surface area contributed by atoms with E-state index >= 15 is 4.39 Å². The zero-order valence-corrected chi connectivity index (χ0v) is 36.9. The number of carbonyl (C=O) groups is 2. The van der Waals surface area contributed by atoms with Crippen LogP contribution in [0.15, 0.2) is 77.9 Å². The first-order valence-electron chi connectivity index (χ1n) is 22.3. The zero-order valence-electron chi connectivity index (χ0n) is 36.9. The third-order valence-electron chi connectivity index (χ3n) is 13.3. The van der Waals surface area contributed by atoms with E-state index in [1.165, 1.54) is 6.07 Å². The van der Waals surface area contributed by atoms with Gasteiger partial charge in [0.1, 0.15) is 22.7 Å². The first-order chi connectivity index (χ1) is 31.3. The van der Waals surface area contributed by atoms with Gasteiger partial charge in [-0.3, -0.25) is 18.7 Å². The predicted octanol–water partition coefficient (Wildman–Crippen LogP) is 7.36. The number of piperidine rings is 1. The largest absolute Gasteiger partial charge is 0.481 e. The van der Waals surface area contributed by atoms with E-state index in [-0.39, 0.29) is 47.4 Å². The summed E-state index contributed by atoms with van der Waals surface area (Å²) >= 11 is 0. The van der Waals surface area contributed by atoms with Crippen molar-refractivity contribution in [3.63, 3.8) is 0 Å². The number of pyridine rings is 2. The summed E-state index contributed by atoms with van der Waals surface area (Å²) in [6, 6.07) is 19.3. The summed E-state index contributed by atoms with van der Waals surface area (Å²) in [6.07, 6.45) is 6.58. The third kappa shape index (κ3) is 7.55. The van der Waals surface area contributed by atoms with Crippen LogP contribution in [0.4, 0.5) is 4.39 Å². The van der Waals surface area contributed by atoms with Crippen molar-refractivity contribution in [1.82, 2.24) is 43.4 Å². The van der Waals surface area contributed by atoms with Crippen LogP contribution in [-0.4, -0.2) is 86.6 Å². The van der Waals surface area contributed by atoms with Crippen LogP contribution in [0.2, 0.25) is 0 Å². The van der Waals surface area contributed by atoms with Crippen molar-refractivity contribution < 1.29 is 19.1 Å². The second-order valence-electron chi connectivity index (χ2n) is 18.9. The molecule has 1 atom stereocenters. The lowest BCUT2D eigenvalue weighted by molar-refractivity contribution is -0.138. The molecule has 15 heteroatoms. The number of benzene rings is 2. The van der Waals surface area contributed by atoms with Gasteiger partial charge in [0.25, 0.3) is 5.91 Å². The van der Waals surface area contributed by atoms with Gasteiger partial charge < -0.3 is 19.5 Å². The smallest absolute Gasteiger partial charge is 0.335 e. The van der Waals surface area contributed by atoms with Crippen LogP contribution in [0.25, 0.3) is 39.3 Å². The molecule has 5 aromatic heterocycles. The molecule has 1 unspecified atom stereocenters. The predicted molar refractivity (Wildman–Crippen MR) is 242 cm³/mol. The maximum Gasteiger partial charge on any atom is 0.335 e. The number of amides is 1. The number of nitriles is 1. The maximum atomic E-state index is 15.2. The standard InChI is InChI=1S/C50H49FN10O4/c1-29-43-46(56-44(55-29)32-10-9-31-11-13-38(48(63)64)39(31)23-32)61(34-15-19-57(20-16-34)28-50(2,3)4)49(65)60(43)35-12-14-41(54-25-35)47(62)58-21-17-36-37-6-5-18-53-45(37)59(42(36)27-58)26-33-8-7-30(24-52)22-40(33)51/h5-10,12,14,18,22-23,25,34,38H,11,13,15-17,19-21,26-28H2,1-4H3,(H,63,64). The highest BCUT2D eigenvalue weighted by atomic mass is 19.1. The minimum Gasteiger partial charge on any atom is -0.481 e. The molecule has 2 aliphatic heterocycles. The number of carbonyl (C=O) groups excluding carboxylic acids is 1. The number of halogens is 1. The quantitative estimate of drug-likeness (QED) is 0.163. The molecule has 1 amide bonds. The van der Waals surface area contributed by atoms with Crippen LogP contribution >= 0.6 is 0 Å². The summed E-state index contributed by atoms with van der Waals surface area (Å²) in [6.45, 7) is 12.0. The lowest BCUT2D eigenvalue weighted by atomic mass is 9.94. The van der Waals surface area contributed by atoms with Gasteiger partial charge >= 0.3 is 11.7 Å². The molecule has 10 rings (SSSR count). The molecule has 0 spiro atoms. The Balaban J connectivity index is 0.986. The SMILES string of the molecule is Cc1nc(-c2ccc3c(c2)C(C(=O)O)CC3)nc2c1n(-c1ccc(C(=O)N3CCc4c(n(Cc5ccc(C#N)cc5F)c5ncccc45)C3)nc1)c(=O)n2C1CCN(CC(C)(C)C)CC1. The van der Waals surface area contributed by atoms with E-state index in [1.807, 2.05) is 47.9 Å². The average Bonchev–Trinajstić information content (AvgIpc) is 3.96. The van der Waals surface area contributed by atoms with Crippen molar-refractivity contribution in [1.29, 1.82) is 5.26 Å². The Kier molecular flexibility index (Phi) is 10.4. The van der Waals surface area contributed by atoms with E-state index < -0.39 is 17.7 Å². The van der Waals surface area contributed by atoms with Gasteiger partial charge in [-0.1, -0.05) is 39.0 Å². The lowest BCUT2D eigenvalue weighted by Crippen LogP contribution is -2.41. The van der Waals surface area contributed by atoms with Crippen LogP contribution in [0, 0.1) is 29.5 Å². The third-order valence-corrected chi connectivity index (χ3v) is 13.3. The summed E-state index contributed by atoms with van der Waals surface area (Å²) < 4.78 is 20.5. The van der Waals surface area contributed by atoms with Gasteiger partial charge in [0.05, 0.1) is 48.2 Å². The number of likely N-dealkylation sites (tertiary alicyclic amines) is 1. The Bertz CT molecular complexity index is 3170. The van der Waals surface area contributed by atoms with Crippen LogP contribution < -0.4 is 5.69 Å². The van der Waals surface area contributed by atoms with Gasteiger partial charge in [0.15, 0.2) is 11.5 Å². The summed E-state index contributed by atoms with van der Waals surface area (Å²) in [5.41, 5.74) is 7.93. The van der Waals surface area contributed by atoms with Crippen molar-refractivity contribution in [2.24, 2.45) is 5.41 Å². The van der Waals surface area contributed by atoms with E-state index in [9.17, 15) is 24.8 Å². The molecular formula is C50H49FN10O4. The van der Waals surface area contributed by atoms with E-state index in [1.54, 1.807) is 50.7 Å². The second kappa shape index (κ2) is 16.2. The number of nitrogens with zero attached hydrogens (tertiary/aromatic N) is 10. The molecule has 7 heterocycles. The number of fused-ring (bicyclic) bond motifs is 5. The fraction of sp³-hybridized carbons (Fsp3) is 0.360. The Morgan fingerprint density at radius 2 is 1.77 bits per heavy atom. The minimum absolute atomic E-state index is 0.127. The molecule has 1 N–H and O–H groups in total. The zero-order chi connectivity index (χ0) is 45.3. The molecule has 65 heavy (non-hydrogen) atoms. The number of aliphatic carboxylic acids is 1. The van der Waals surface area contributed by atoms with Gasteiger partial charge in [-0.05, 0) is 104 Å². The molecule has 7 aromatic rings. The molecule has 0 saturated carbocycles. The van der Waals surface area contributed by atoms with Crippen LogP contribution in [-0.2, 0) is 30.7 Å². The Labute approximate surface area is 374 Å². The van der Waals surface area contributed by atoms with Crippen LogP contribution in [0.5, 0.6) is 0 Å². The summed E-state index contributed by atoms with van der Waals surface area (Å²) in [5.74, 6) is -1.78. The molecule has 0 bridgehead atoms. The topological polar surface area (TPSA) is 168 Å². The van der Waals surface area contributed by atoms with Crippen molar-refractivity contribution in [2.45, 2.75) is 84.8 Å². The second-order valence-corrected chi connectivity index (χ2v) is 18.9. The fourth-order valence-electron chi connectivity index (χ4n) is 10.3. The molecule has 330 valence electrons. The maximum absolute atomic E-state index is 15.2. The number of hydrogen-bond acceptors (Lipinski definition) is 9. The highest BCUT2D eigenvalue weighted by Crippen LogP contribution is 2.37. The van der Waals surface area contributed by atoms with E-state index in [0.29, 0.717) is 71.0 Å². The molecule has 1 fully saturated rings. The van der Waals surface area contributed by atoms with Crippen LogP contribution in [0.1, 0.15) is 102 Å². The monoisotopic (exact) mass is 872 g/mol. The minimum atomic E-state index is -0.848. The Morgan fingerprint density at radius 1 is 0.954 bits per heavy atom. The molecule has 1 saturated heterocycles. The van der Waals surface area contributed by atoms with Crippen molar-refractivity contribution in [2.75, 3.05) is 26.2 Å².